The Morgan fingerprint density at radius 1 is 1.13 bits per heavy atom. The molecule has 1 saturated carbocycles. The maximum atomic E-state index is 13.3. The first-order valence-electron chi connectivity index (χ1n) is 10.9. The van der Waals surface area contributed by atoms with E-state index in [0.717, 1.165) is 42.4 Å². The minimum atomic E-state index is -0.00115. The van der Waals surface area contributed by atoms with Crippen LogP contribution in [0, 0.1) is 5.92 Å². The number of carbonyl (C=O) groups is 2. The van der Waals surface area contributed by atoms with Crippen molar-refractivity contribution in [3.05, 3.63) is 65.4 Å². The third-order valence-corrected chi connectivity index (χ3v) is 6.62. The van der Waals surface area contributed by atoms with Gasteiger partial charge >= 0.3 is 0 Å². The fraction of sp³-hybridized carbons (Fsp3) is 0.360. The Hall–Kier alpha value is -3.08. The van der Waals surface area contributed by atoms with Gasteiger partial charge in [0.1, 0.15) is 0 Å². The number of carbonyl (C=O) groups excluding carboxylic acids is 2. The Bertz CT molecular complexity index is 1100. The molecule has 0 unspecified atom stereocenters. The maximum absolute atomic E-state index is 13.3. The Morgan fingerprint density at radius 3 is 2.63 bits per heavy atom. The van der Waals surface area contributed by atoms with Crippen LogP contribution < -0.4 is 4.90 Å². The summed E-state index contributed by atoms with van der Waals surface area (Å²) in [7, 11) is 0. The number of fused-ring (bicyclic) bond motifs is 3. The van der Waals surface area contributed by atoms with Crippen LogP contribution in [0.25, 0.3) is 10.9 Å². The van der Waals surface area contributed by atoms with E-state index in [-0.39, 0.29) is 11.8 Å². The number of hydrogen-bond donors (Lipinski definition) is 1. The predicted molar refractivity (Wildman–Crippen MR) is 119 cm³/mol. The Labute approximate surface area is 176 Å². The van der Waals surface area contributed by atoms with Crippen molar-refractivity contribution in [3.63, 3.8) is 0 Å². The summed E-state index contributed by atoms with van der Waals surface area (Å²) >= 11 is 0. The van der Waals surface area contributed by atoms with Crippen molar-refractivity contribution in [2.24, 2.45) is 5.92 Å². The summed E-state index contributed by atoms with van der Waals surface area (Å²) in [5.74, 6) is 0.520. The van der Waals surface area contributed by atoms with Crippen LogP contribution in [0.15, 0.2) is 48.5 Å². The minimum absolute atomic E-state index is 0.00115. The second-order valence-electron chi connectivity index (χ2n) is 8.37. The zero-order valence-electron chi connectivity index (χ0n) is 17.4. The van der Waals surface area contributed by atoms with Gasteiger partial charge in [0.2, 0.25) is 5.91 Å². The number of nitrogens with zero attached hydrogens (tertiary/aromatic N) is 2. The molecule has 0 spiro atoms. The lowest BCUT2D eigenvalue weighted by Crippen LogP contribution is -2.41. The molecule has 154 valence electrons. The number of para-hydroxylation sites is 1. The van der Waals surface area contributed by atoms with Gasteiger partial charge in [-0.3, -0.25) is 9.59 Å². The smallest absolute Gasteiger partial charge is 0.258 e. The van der Waals surface area contributed by atoms with Crippen LogP contribution in [0.2, 0.25) is 0 Å². The van der Waals surface area contributed by atoms with Crippen LogP contribution in [0.1, 0.15) is 47.8 Å². The lowest BCUT2D eigenvalue weighted by Gasteiger charge is -2.34. The molecule has 1 N–H and O–H groups in total. The first kappa shape index (κ1) is 18.9. The lowest BCUT2D eigenvalue weighted by molar-refractivity contribution is -0.139. The van der Waals surface area contributed by atoms with E-state index in [4.69, 9.17) is 0 Å². The molecule has 2 heterocycles. The van der Waals surface area contributed by atoms with Gasteiger partial charge in [-0.2, -0.15) is 0 Å². The summed E-state index contributed by atoms with van der Waals surface area (Å²) in [5.41, 5.74) is 4.98. The van der Waals surface area contributed by atoms with E-state index in [1.54, 1.807) is 4.90 Å². The number of rotatable bonds is 4. The Morgan fingerprint density at radius 2 is 1.93 bits per heavy atom. The van der Waals surface area contributed by atoms with E-state index >= 15 is 0 Å². The molecule has 2 aromatic carbocycles. The van der Waals surface area contributed by atoms with Gasteiger partial charge in [-0.25, -0.2) is 0 Å². The molecule has 5 heteroatoms. The average molecular weight is 402 g/mol. The van der Waals surface area contributed by atoms with Crippen LogP contribution in [0.4, 0.5) is 5.69 Å². The Kier molecular flexibility index (Phi) is 4.81. The number of aromatic amines is 1. The molecule has 2 aliphatic rings. The first-order valence-corrected chi connectivity index (χ1v) is 10.9. The van der Waals surface area contributed by atoms with Gasteiger partial charge in [0.15, 0.2) is 0 Å². The van der Waals surface area contributed by atoms with Gasteiger partial charge in [0.05, 0.1) is 0 Å². The molecule has 1 fully saturated rings. The molecule has 3 aromatic rings. The molecule has 0 radical (unpaired) electrons. The van der Waals surface area contributed by atoms with Crippen molar-refractivity contribution in [1.82, 2.24) is 9.88 Å². The number of benzene rings is 2. The maximum Gasteiger partial charge on any atom is 0.258 e. The van der Waals surface area contributed by atoms with Gasteiger partial charge in [-0.15, -0.1) is 0 Å². The molecule has 5 rings (SSSR count). The zero-order chi connectivity index (χ0) is 20.7. The molecule has 0 bridgehead atoms. The molecule has 30 heavy (non-hydrogen) atoms. The highest BCUT2D eigenvalue weighted by Gasteiger charge is 2.32. The van der Waals surface area contributed by atoms with Crippen LogP contribution >= 0.6 is 0 Å². The molecule has 0 saturated heterocycles. The van der Waals surface area contributed by atoms with E-state index < -0.39 is 0 Å². The number of anilines is 1. The number of nitrogens with one attached hydrogen (secondary N) is 1. The van der Waals surface area contributed by atoms with Crippen LogP contribution in [0.5, 0.6) is 0 Å². The second-order valence-corrected chi connectivity index (χ2v) is 8.37. The van der Waals surface area contributed by atoms with Crippen molar-refractivity contribution >= 4 is 28.4 Å². The van der Waals surface area contributed by atoms with E-state index in [1.807, 2.05) is 60.4 Å². The predicted octanol–water partition coefficient (Wildman–Crippen LogP) is 4.52. The fourth-order valence-electron chi connectivity index (χ4n) is 4.66. The van der Waals surface area contributed by atoms with E-state index in [1.165, 1.54) is 17.7 Å². The van der Waals surface area contributed by atoms with Gasteiger partial charge in [0.25, 0.3) is 5.91 Å². The van der Waals surface area contributed by atoms with Crippen LogP contribution in [-0.4, -0.2) is 34.8 Å². The quantitative estimate of drug-likeness (QED) is 0.699. The minimum Gasteiger partial charge on any atom is -0.358 e. The highest BCUT2D eigenvalue weighted by Crippen LogP contribution is 2.33. The monoisotopic (exact) mass is 401 g/mol. The largest absolute Gasteiger partial charge is 0.358 e. The summed E-state index contributed by atoms with van der Waals surface area (Å²) in [5, 5.41) is 1.06. The number of H-pyrrole nitrogens is 1. The van der Waals surface area contributed by atoms with Crippen molar-refractivity contribution in [2.75, 3.05) is 18.0 Å². The summed E-state index contributed by atoms with van der Waals surface area (Å²) < 4.78 is 0. The summed E-state index contributed by atoms with van der Waals surface area (Å²) in [6.07, 6.45) is 4.07. The summed E-state index contributed by atoms with van der Waals surface area (Å²) in [4.78, 5) is 33.4. The van der Waals surface area contributed by atoms with E-state index in [9.17, 15) is 9.59 Å². The van der Waals surface area contributed by atoms with Crippen LogP contribution in [-0.2, 0) is 17.8 Å². The third-order valence-electron chi connectivity index (χ3n) is 6.62. The molecule has 1 aliphatic heterocycles. The lowest BCUT2D eigenvalue weighted by atomic mass is 9.84. The standard InChI is InChI=1S/C25H27N3O2/c1-2-28(19-9-4-3-5-10-19)25(30)18-11-12-22-20(15-18)21-16-27(14-13-23(21)26-22)24(29)17-7-6-8-17/h3-5,9-12,15,17,26H,2,6-8,13-14,16H2,1H3. The van der Waals surface area contributed by atoms with Crippen LogP contribution in [0.3, 0.4) is 0 Å². The van der Waals surface area contributed by atoms with E-state index in [0.29, 0.717) is 24.6 Å². The van der Waals surface area contributed by atoms with Gasteiger partial charge in [0, 0.05) is 65.4 Å². The average Bonchev–Trinajstić information content (AvgIpc) is 3.10. The number of hydrogen-bond acceptors (Lipinski definition) is 2. The molecule has 1 aromatic heterocycles. The first-order chi connectivity index (χ1) is 14.7. The van der Waals surface area contributed by atoms with Crippen molar-refractivity contribution < 1.29 is 9.59 Å². The highest BCUT2D eigenvalue weighted by molar-refractivity contribution is 6.08. The van der Waals surface area contributed by atoms with Crippen molar-refractivity contribution in [1.29, 1.82) is 0 Å². The zero-order valence-corrected chi connectivity index (χ0v) is 17.4. The van der Waals surface area contributed by atoms with E-state index in [2.05, 4.69) is 4.98 Å². The number of aromatic nitrogens is 1. The summed E-state index contributed by atoms with van der Waals surface area (Å²) in [6.45, 7) is 4.01. The second kappa shape index (κ2) is 7.63. The van der Waals surface area contributed by atoms with Gasteiger partial charge in [-0.1, -0.05) is 24.6 Å². The molecule has 2 amide bonds. The van der Waals surface area contributed by atoms with Gasteiger partial charge < -0.3 is 14.8 Å². The molecule has 0 atom stereocenters. The van der Waals surface area contributed by atoms with Crippen molar-refractivity contribution in [3.8, 4) is 0 Å². The normalized spacial score (nSPS) is 16.2. The third kappa shape index (κ3) is 3.18. The molecular weight excluding hydrogens is 374 g/mol. The van der Waals surface area contributed by atoms with Gasteiger partial charge in [-0.05, 0) is 50.1 Å². The highest BCUT2D eigenvalue weighted by atomic mass is 16.2. The molecule has 5 nitrogen and oxygen atoms in total. The topological polar surface area (TPSA) is 56.4 Å². The molecule has 1 aliphatic carbocycles. The van der Waals surface area contributed by atoms with Crippen molar-refractivity contribution in [2.45, 2.75) is 39.2 Å². The molecular formula is C25H27N3O2. The number of amides is 2. The Balaban J connectivity index is 1.46. The SMILES string of the molecule is CCN(C(=O)c1ccc2[nH]c3c(c2c1)CN(C(=O)C1CCC1)CC3)c1ccccc1. The summed E-state index contributed by atoms with van der Waals surface area (Å²) in [6, 6.07) is 15.7. The fourth-order valence-corrected chi connectivity index (χ4v) is 4.66.